The van der Waals surface area contributed by atoms with Gasteiger partial charge in [-0.25, -0.2) is 0 Å². The van der Waals surface area contributed by atoms with Crippen molar-refractivity contribution in [1.29, 1.82) is 0 Å². The summed E-state index contributed by atoms with van der Waals surface area (Å²) < 4.78 is 1.84. The molecule has 1 aromatic heterocycles. The number of aromatic nitrogens is 3. The van der Waals surface area contributed by atoms with Crippen LogP contribution in [0.5, 0.6) is 0 Å². The van der Waals surface area contributed by atoms with Gasteiger partial charge < -0.3 is 14.6 Å². The predicted molar refractivity (Wildman–Crippen MR) is 75.5 cm³/mol. The van der Waals surface area contributed by atoms with Gasteiger partial charge in [-0.2, -0.15) is 0 Å². The molecular formula is C14H18N4O2. The Morgan fingerprint density at radius 2 is 2.15 bits per heavy atom. The van der Waals surface area contributed by atoms with E-state index < -0.39 is 5.97 Å². The summed E-state index contributed by atoms with van der Waals surface area (Å²) in [5.41, 5.74) is 2.14. The number of para-hydroxylation sites is 1. The zero-order valence-electron chi connectivity index (χ0n) is 11.7. The zero-order valence-corrected chi connectivity index (χ0v) is 11.7. The molecule has 0 atom stereocenters. The number of benzene rings is 1. The number of carbonyl (C=O) groups is 1. The molecule has 0 bridgehead atoms. The van der Waals surface area contributed by atoms with E-state index in [1.165, 1.54) is 0 Å². The van der Waals surface area contributed by atoms with E-state index in [-0.39, 0.29) is 6.42 Å². The Morgan fingerprint density at radius 1 is 1.40 bits per heavy atom. The quantitative estimate of drug-likeness (QED) is 0.866. The second-order valence-electron chi connectivity index (χ2n) is 4.71. The van der Waals surface area contributed by atoms with Gasteiger partial charge in [0.15, 0.2) is 5.82 Å². The fourth-order valence-corrected chi connectivity index (χ4v) is 2.05. The second kappa shape index (κ2) is 6.18. The van der Waals surface area contributed by atoms with Crippen molar-refractivity contribution < 1.29 is 9.90 Å². The van der Waals surface area contributed by atoms with E-state index in [0.29, 0.717) is 13.1 Å². The standard InChI is InChI=1S/C14H18N4O2/c1-11-5-3-4-6-12(11)18(8-7-14(19)20)9-13-16-15-10-17(13)2/h3-6,10H,7-9H2,1-2H3,(H,19,20). The molecule has 6 heteroatoms. The summed E-state index contributed by atoms with van der Waals surface area (Å²) in [6, 6.07) is 7.93. The van der Waals surface area contributed by atoms with Crippen LogP contribution in [0.4, 0.5) is 5.69 Å². The molecule has 0 fully saturated rings. The summed E-state index contributed by atoms with van der Waals surface area (Å²) in [5, 5.41) is 16.8. The lowest BCUT2D eigenvalue weighted by Crippen LogP contribution is -2.27. The molecule has 106 valence electrons. The minimum atomic E-state index is -0.804. The van der Waals surface area contributed by atoms with Crippen LogP contribution in [0.2, 0.25) is 0 Å². The highest BCUT2D eigenvalue weighted by Gasteiger charge is 2.14. The van der Waals surface area contributed by atoms with Crippen LogP contribution in [-0.4, -0.2) is 32.4 Å². The number of carboxylic acids is 1. The number of rotatable bonds is 6. The monoisotopic (exact) mass is 274 g/mol. The molecule has 20 heavy (non-hydrogen) atoms. The molecule has 0 aliphatic carbocycles. The number of aliphatic carboxylic acids is 1. The van der Waals surface area contributed by atoms with Crippen molar-refractivity contribution in [3.05, 3.63) is 42.0 Å². The van der Waals surface area contributed by atoms with Gasteiger partial charge in [0.1, 0.15) is 6.33 Å². The molecule has 0 spiro atoms. The van der Waals surface area contributed by atoms with E-state index in [1.54, 1.807) is 6.33 Å². The van der Waals surface area contributed by atoms with Crippen molar-refractivity contribution in [3.8, 4) is 0 Å². The maximum atomic E-state index is 10.8. The molecule has 1 N–H and O–H groups in total. The van der Waals surface area contributed by atoms with Crippen LogP contribution in [-0.2, 0) is 18.4 Å². The van der Waals surface area contributed by atoms with Gasteiger partial charge >= 0.3 is 5.97 Å². The molecule has 6 nitrogen and oxygen atoms in total. The van der Waals surface area contributed by atoms with Gasteiger partial charge in [-0.05, 0) is 18.6 Å². The third-order valence-electron chi connectivity index (χ3n) is 3.19. The first-order chi connectivity index (χ1) is 9.58. The highest BCUT2D eigenvalue weighted by atomic mass is 16.4. The Balaban J connectivity index is 2.23. The normalized spacial score (nSPS) is 10.5. The van der Waals surface area contributed by atoms with Crippen LogP contribution >= 0.6 is 0 Å². The lowest BCUT2D eigenvalue weighted by molar-refractivity contribution is -0.136. The average Bonchev–Trinajstić information content (AvgIpc) is 2.81. The van der Waals surface area contributed by atoms with E-state index in [2.05, 4.69) is 10.2 Å². The Bertz CT molecular complexity index is 594. The molecule has 0 aliphatic heterocycles. The first-order valence-electron chi connectivity index (χ1n) is 6.43. The van der Waals surface area contributed by atoms with Crippen molar-refractivity contribution in [2.45, 2.75) is 19.9 Å². The van der Waals surface area contributed by atoms with Crippen molar-refractivity contribution >= 4 is 11.7 Å². The minimum absolute atomic E-state index is 0.0895. The van der Waals surface area contributed by atoms with Crippen LogP contribution in [0, 0.1) is 6.92 Å². The van der Waals surface area contributed by atoms with E-state index in [0.717, 1.165) is 17.1 Å². The smallest absolute Gasteiger partial charge is 0.305 e. The maximum absolute atomic E-state index is 10.8. The summed E-state index contributed by atoms with van der Waals surface area (Å²) in [6.07, 6.45) is 1.73. The Kier molecular flexibility index (Phi) is 4.34. The van der Waals surface area contributed by atoms with Crippen LogP contribution < -0.4 is 4.90 Å². The van der Waals surface area contributed by atoms with Gasteiger partial charge in [-0.3, -0.25) is 4.79 Å². The summed E-state index contributed by atoms with van der Waals surface area (Å²) in [7, 11) is 1.88. The molecule has 0 aliphatic rings. The summed E-state index contributed by atoms with van der Waals surface area (Å²) >= 11 is 0. The Labute approximate surface area is 117 Å². The van der Waals surface area contributed by atoms with Crippen LogP contribution in [0.25, 0.3) is 0 Å². The van der Waals surface area contributed by atoms with E-state index >= 15 is 0 Å². The lowest BCUT2D eigenvalue weighted by atomic mass is 10.1. The SMILES string of the molecule is Cc1ccccc1N(CCC(=O)O)Cc1nncn1C. The second-order valence-corrected chi connectivity index (χ2v) is 4.71. The van der Waals surface area contributed by atoms with Crippen LogP contribution in [0.15, 0.2) is 30.6 Å². The maximum Gasteiger partial charge on any atom is 0.305 e. The highest BCUT2D eigenvalue weighted by molar-refractivity contribution is 5.68. The fraction of sp³-hybridized carbons (Fsp3) is 0.357. The largest absolute Gasteiger partial charge is 0.481 e. The first-order valence-corrected chi connectivity index (χ1v) is 6.43. The minimum Gasteiger partial charge on any atom is -0.481 e. The molecule has 1 heterocycles. The third kappa shape index (κ3) is 3.34. The number of carboxylic acid groups (broad SMARTS) is 1. The number of hydrogen-bond donors (Lipinski definition) is 1. The number of aryl methyl sites for hydroxylation is 2. The van der Waals surface area contributed by atoms with Crippen molar-refractivity contribution in [2.24, 2.45) is 7.05 Å². The van der Waals surface area contributed by atoms with Crippen LogP contribution in [0.3, 0.4) is 0 Å². The molecule has 0 amide bonds. The fourth-order valence-electron chi connectivity index (χ4n) is 2.05. The predicted octanol–water partition coefficient (Wildman–Crippen LogP) is 1.60. The summed E-state index contributed by atoms with van der Waals surface area (Å²) in [5.74, 6) is 0.000177. The van der Waals surface area contributed by atoms with Crippen LogP contribution in [0.1, 0.15) is 17.8 Å². The molecule has 2 rings (SSSR count). The molecule has 0 unspecified atom stereocenters. The van der Waals surface area contributed by atoms with E-state index in [4.69, 9.17) is 5.11 Å². The third-order valence-corrected chi connectivity index (χ3v) is 3.19. The number of anilines is 1. The van der Waals surface area contributed by atoms with Gasteiger partial charge in [0.2, 0.25) is 0 Å². The molecule has 0 saturated carbocycles. The molecule has 2 aromatic rings. The van der Waals surface area contributed by atoms with Gasteiger partial charge in [-0.1, -0.05) is 18.2 Å². The lowest BCUT2D eigenvalue weighted by Gasteiger charge is -2.25. The van der Waals surface area contributed by atoms with Crippen molar-refractivity contribution in [3.63, 3.8) is 0 Å². The average molecular weight is 274 g/mol. The number of hydrogen-bond acceptors (Lipinski definition) is 4. The topological polar surface area (TPSA) is 71.2 Å². The zero-order chi connectivity index (χ0) is 14.5. The Hall–Kier alpha value is -2.37. The van der Waals surface area contributed by atoms with Crippen molar-refractivity contribution in [2.75, 3.05) is 11.4 Å². The van der Waals surface area contributed by atoms with Gasteiger partial charge in [0, 0.05) is 19.3 Å². The number of nitrogens with zero attached hydrogens (tertiary/aromatic N) is 4. The molecule has 1 aromatic carbocycles. The Morgan fingerprint density at radius 3 is 2.75 bits per heavy atom. The highest BCUT2D eigenvalue weighted by Crippen LogP contribution is 2.21. The van der Waals surface area contributed by atoms with Gasteiger partial charge in [0.05, 0.1) is 13.0 Å². The summed E-state index contributed by atoms with van der Waals surface area (Å²) in [6.45, 7) is 2.99. The van der Waals surface area contributed by atoms with Gasteiger partial charge in [-0.15, -0.1) is 10.2 Å². The molecule has 0 radical (unpaired) electrons. The summed E-state index contributed by atoms with van der Waals surface area (Å²) in [4.78, 5) is 12.9. The van der Waals surface area contributed by atoms with E-state index in [9.17, 15) is 4.79 Å². The van der Waals surface area contributed by atoms with Gasteiger partial charge in [0.25, 0.3) is 0 Å². The first kappa shape index (κ1) is 14.0. The van der Waals surface area contributed by atoms with Crippen molar-refractivity contribution in [1.82, 2.24) is 14.8 Å². The van der Waals surface area contributed by atoms with E-state index in [1.807, 2.05) is 47.7 Å². The molecular weight excluding hydrogens is 256 g/mol. The molecule has 0 saturated heterocycles.